The summed E-state index contributed by atoms with van der Waals surface area (Å²) in [7, 11) is 0. The quantitative estimate of drug-likeness (QED) is 0.779. The average Bonchev–Trinajstić information content (AvgIpc) is 2.65. The van der Waals surface area contributed by atoms with Crippen molar-refractivity contribution in [3.05, 3.63) is 18.0 Å². The molecular formula is C12H23N3. The van der Waals surface area contributed by atoms with Crippen LogP contribution in [0.15, 0.2) is 12.4 Å². The van der Waals surface area contributed by atoms with Crippen LogP contribution in [-0.4, -0.2) is 22.4 Å². The van der Waals surface area contributed by atoms with E-state index < -0.39 is 0 Å². The number of rotatable bonds is 6. The number of nitrogens with one attached hydrogen (secondary N) is 1. The molecule has 1 aromatic heterocycles. The van der Waals surface area contributed by atoms with E-state index in [4.69, 9.17) is 0 Å². The Hall–Kier alpha value is -0.830. The number of aryl methyl sites for hydroxylation is 1. The highest BCUT2D eigenvalue weighted by atomic mass is 15.3. The highest BCUT2D eigenvalue weighted by molar-refractivity contribution is 5.09. The maximum absolute atomic E-state index is 4.30. The Morgan fingerprint density at radius 2 is 2.13 bits per heavy atom. The topological polar surface area (TPSA) is 29.9 Å². The van der Waals surface area contributed by atoms with Crippen LogP contribution in [0.1, 0.15) is 45.6 Å². The van der Waals surface area contributed by atoms with E-state index in [9.17, 15) is 0 Å². The summed E-state index contributed by atoms with van der Waals surface area (Å²) in [5, 5.41) is 7.73. The first-order chi connectivity index (χ1) is 7.13. The van der Waals surface area contributed by atoms with Crippen LogP contribution >= 0.6 is 0 Å². The molecule has 0 saturated carbocycles. The molecule has 0 fully saturated rings. The first-order valence-electron chi connectivity index (χ1n) is 5.89. The van der Waals surface area contributed by atoms with E-state index in [-0.39, 0.29) is 0 Å². The molecule has 1 atom stereocenters. The lowest BCUT2D eigenvalue weighted by molar-refractivity contribution is 0.540. The number of hydrogen-bond acceptors (Lipinski definition) is 2. The van der Waals surface area contributed by atoms with Gasteiger partial charge in [-0.2, -0.15) is 5.10 Å². The second-order valence-electron chi connectivity index (χ2n) is 4.43. The molecule has 3 heteroatoms. The van der Waals surface area contributed by atoms with Crippen molar-refractivity contribution in [2.75, 3.05) is 6.54 Å². The molecule has 1 rings (SSSR count). The average molecular weight is 209 g/mol. The summed E-state index contributed by atoms with van der Waals surface area (Å²) in [6, 6.07) is 0.579. The Morgan fingerprint density at radius 1 is 1.40 bits per heavy atom. The van der Waals surface area contributed by atoms with Crippen LogP contribution in [0.25, 0.3) is 0 Å². The molecule has 0 spiro atoms. The van der Waals surface area contributed by atoms with Gasteiger partial charge in [-0.1, -0.05) is 20.8 Å². The Labute approximate surface area is 92.9 Å². The number of hydrogen-bond donors (Lipinski definition) is 1. The fourth-order valence-corrected chi connectivity index (χ4v) is 1.56. The standard InChI is InChI=1S/C12H23N3/c1-5-15-9-12(8-14-15)11(4)6-7-13-10(2)3/h8-11,13H,5-7H2,1-4H3. The highest BCUT2D eigenvalue weighted by Gasteiger charge is 2.07. The van der Waals surface area contributed by atoms with E-state index in [0.717, 1.165) is 13.1 Å². The summed E-state index contributed by atoms with van der Waals surface area (Å²) < 4.78 is 1.99. The van der Waals surface area contributed by atoms with Crippen LogP contribution in [0.3, 0.4) is 0 Å². The summed E-state index contributed by atoms with van der Waals surface area (Å²) >= 11 is 0. The minimum absolute atomic E-state index is 0.579. The van der Waals surface area contributed by atoms with E-state index in [1.54, 1.807) is 0 Å². The highest BCUT2D eigenvalue weighted by Crippen LogP contribution is 2.17. The molecule has 15 heavy (non-hydrogen) atoms. The Kier molecular flexibility index (Phi) is 4.82. The second-order valence-corrected chi connectivity index (χ2v) is 4.43. The van der Waals surface area contributed by atoms with E-state index in [0.29, 0.717) is 12.0 Å². The van der Waals surface area contributed by atoms with Gasteiger partial charge < -0.3 is 5.32 Å². The molecule has 1 N–H and O–H groups in total. The fourth-order valence-electron chi connectivity index (χ4n) is 1.56. The van der Waals surface area contributed by atoms with Gasteiger partial charge in [0.05, 0.1) is 6.20 Å². The summed E-state index contributed by atoms with van der Waals surface area (Å²) in [6.45, 7) is 10.8. The number of aromatic nitrogens is 2. The van der Waals surface area contributed by atoms with Gasteiger partial charge in [0.2, 0.25) is 0 Å². The van der Waals surface area contributed by atoms with Gasteiger partial charge in [-0.05, 0) is 31.4 Å². The Balaban J connectivity index is 2.36. The first kappa shape index (κ1) is 12.2. The first-order valence-corrected chi connectivity index (χ1v) is 5.89. The molecule has 1 unspecified atom stereocenters. The van der Waals surface area contributed by atoms with Crippen molar-refractivity contribution >= 4 is 0 Å². The minimum atomic E-state index is 0.579. The van der Waals surface area contributed by atoms with E-state index in [2.05, 4.69) is 44.3 Å². The van der Waals surface area contributed by atoms with Crippen molar-refractivity contribution in [2.45, 2.75) is 52.6 Å². The van der Waals surface area contributed by atoms with Crippen LogP contribution in [0.2, 0.25) is 0 Å². The molecule has 0 aromatic carbocycles. The minimum Gasteiger partial charge on any atom is -0.315 e. The zero-order chi connectivity index (χ0) is 11.3. The van der Waals surface area contributed by atoms with Crippen molar-refractivity contribution in [2.24, 2.45) is 0 Å². The lowest BCUT2D eigenvalue weighted by atomic mass is 10.0. The molecule has 0 aliphatic carbocycles. The van der Waals surface area contributed by atoms with Crippen LogP contribution in [0.5, 0.6) is 0 Å². The third-order valence-electron chi connectivity index (χ3n) is 2.68. The van der Waals surface area contributed by atoms with E-state index >= 15 is 0 Å². The lowest BCUT2D eigenvalue weighted by Gasteiger charge is -2.11. The summed E-state index contributed by atoms with van der Waals surface area (Å²) in [6.07, 6.45) is 5.32. The fraction of sp³-hybridized carbons (Fsp3) is 0.750. The van der Waals surface area contributed by atoms with Crippen LogP contribution < -0.4 is 5.32 Å². The van der Waals surface area contributed by atoms with Crippen molar-refractivity contribution in [1.29, 1.82) is 0 Å². The maximum Gasteiger partial charge on any atom is 0.0524 e. The summed E-state index contributed by atoms with van der Waals surface area (Å²) in [5.74, 6) is 0.594. The summed E-state index contributed by atoms with van der Waals surface area (Å²) in [4.78, 5) is 0. The van der Waals surface area contributed by atoms with E-state index in [1.165, 1.54) is 12.0 Å². The molecule has 3 nitrogen and oxygen atoms in total. The SMILES string of the molecule is CCn1cc(C(C)CCNC(C)C)cn1. The van der Waals surface area contributed by atoms with Gasteiger partial charge in [0.25, 0.3) is 0 Å². The van der Waals surface area contributed by atoms with Crippen LogP contribution in [0.4, 0.5) is 0 Å². The Bertz CT molecular complexity index is 278. The van der Waals surface area contributed by atoms with Crippen molar-refractivity contribution in [3.8, 4) is 0 Å². The third-order valence-corrected chi connectivity index (χ3v) is 2.68. The Morgan fingerprint density at radius 3 is 2.67 bits per heavy atom. The van der Waals surface area contributed by atoms with Crippen molar-refractivity contribution in [1.82, 2.24) is 15.1 Å². The zero-order valence-corrected chi connectivity index (χ0v) is 10.3. The lowest BCUT2D eigenvalue weighted by Crippen LogP contribution is -2.24. The van der Waals surface area contributed by atoms with Crippen molar-refractivity contribution < 1.29 is 0 Å². The largest absolute Gasteiger partial charge is 0.315 e. The molecule has 1 heterocycles. The number of nitrogens with zero attached hydrogens (tertiary/aromatic N) is 2. The molecule has 0 bridgehead atoms. The molecule has 0 amide bonds. The normalized spacial score (nSPS) is 13.4. The predicted molar refractivity (Wildman–Crippen MR) is 64.1 cm³/mol. The molecule has 0 aliphatic rings. The molecule has 0 saturated heterocycles. The van der Waals surface area contributed by atoms with Gasteiger partial charge in [-0.25, -0.2) is 0 Å². The molecule has 0 radical (unpaired) electrons. The molecule has 0 aliphatic heterocycles. The smallest absolute Gasteiger partial charge is 0.0524 e. The van der Waals surface area contributed by atoms with Gasteiger partial charge in [0.1, 0.15) is 0 Å². The molecule has 86 valence electrons. The maximum atomic E-state index is 4.30. The van der Waals surface area contributed by atoms with Gasteiger partial charge >= 0.3 is 0 Å². The zero-order valence-electron chi connectivity index (χ0n) is 10.3. The summed E-state index contributed by atoms with van der Waals surface area (Å²) in [5.41, 5.74) is 1.35. The monoisotopic (exact) mass is 209 g/mol. The third kappa shape index (κ3) is 4.04. The van der Waals surface area contributed by atoms with Gasteiger partial charge in [-0.3, -0.25) is 4.68 Å². The van der Waals surface area contributed by atoms with Gasteiger partial charge in [0, 0.05) is 18.8 Å². The molecule has 1 aromatic rings. The molecular weight excluding hydrogens is 186 g/mol. The van der Waals surface area contributed by atoms with Crippen molar-refractivity contribution in [3.63, 3.8) is 0 Å². The van der Waals surface area contributed by atoms with E-state index in [1.807, 2.05) is 10.9 Å². The predicted octanol–water partition coefficient (Wildman–Crippen LogP) is 2.39. The van der Waals surface area contributed by atoms with Gasteiger partial charge in [-0.15, -0.1) is 0 Å². The van der Waals surface area contributed by atoms with Crippen LogP contribution in [-0.2, 0) is 6.54 Å². The van der Waals surface area contributed by atoms with Crippen LogP contribution in [0, 0.1) is 0 Å². The second kappa shape index (κ2) is 5.91. The van der Waals surface area contributed by atoms with Gasteiger partial charge in [0.15, 0.2) is 0 Å².